The van der Waals surface area contributed by atoms with Crippen LogP contribution in [0.4, 0.5) is 11.6 Å². The molecule has 3 aliphatic rings. The standard InChI is InChI=1S/C34H48N8O3S/c1-6-32(43)37-33-34(38(5)22-36-33)41-20-26-10-13-40(31(26)21-41)19-25-8-9-30-29(24(25)4)16-27(17-35)42(30)18-23(3)39-14-11-28(12-15-39)46(44,45)7-2/h8-9,16,22-23,26,28,31H,6-7,10-15,18-21H2,1-5H3,(H,37,43). The summed E-state index contributed by atoms with van der Waals surface area (Å²) in [5.74, 6) is 2.36. The topological polar surface area (TPSA) is 120 Å². The third-order valence-electron chi connectivity index (χ3n) is 10.9. The first-order valence-electron chi connectivity index (χ1n) is 16.8. The molecule has 0 radical (unpaired) electrons. The van der Waals surface area contributed by atoms with Gasteiger partial charge in [0.25, 0.3) is 0 Å². The number of carbonyl (C=O) groups excluding carboxylic acids is 1. The monoisotopic (exact) mass is 648 g/mol. The number of benzene rings is 1. The van der Waals surface area contributed by atoms with Crippen LogP contribution in [0.5, 0.6) is 0 Å². The Morgan fingerprint density at radius 3 is 2.61 bits per heavy atom. The van der Waals surface area contributed by atoms with E-state index >= 15 is 0 Å². The van der Waals surface area contributed by atoms with Gasteiger partial charge >= 0.3 is 0 Å². The first-order chi connectivity index (χ1) is 22.0. The molecule has 1 aromatic carbocycles. The van der Waals surface area contributed by atoms with Gasteiger partial charge < -0.3 is 19.4 Å². The number of fused-ring (bicyclic) bond motifs is 2. The maximum absolute atomic E-state index is 12.4. The van der Waals surface area contributed by atoms with E-state index in [-0.39, 0.29) is 23.0 Å². The minimum absolute atomic E-state index is 0.0284. The lowest BCUT2D eigenvalue weighted by Crippen LogP contribution is -2.45. The predicted molar refractivity (Wildman–Crippen MR) is 182 cm³/mol. The molecular weight excluding hydrogens is 600 g/mol. The fourth-order valence-corrected chi connectivity index (χ4v) is 9.42. The average Bonchev–Trinajstić information content (AvgIpc) is 3.82. The smallest absolute Gasteiger partial charge is 0.225 e. The highest BCUT2D eigenvalue weighted by molar-refractivity contribution is 7.92. The molecule has 46 heavy (non-hydrogen) atoms. The molecular formula is C34H48N8O3S. The molecule has 0 saturated carbocycles. The molecule has 6 rings (SSSR count). The molecule has 5 heterocycles. The average molecular weight is 649 g/mol. The van der Waals surface area contributed by atoms with Crippen molar-refractivity contribution in [1.82, 2.24) is 23.9 Å². The lowest BCUT2D eigenvalue weighted by Gasteiger charge is -2.36. The van der Waals surface area contributed by atoms with Gasteiger partial charge in [0.05, 0.1) is 11.6 Å². The Bertz CT molecular complexity index is 1750. The Kier molecular flexibility index (Phi) is 9.20. The lowest BCUT2D eigenvalue weighted by atomic mass is 10.0. The number of likely N-dealkylation sites (tertiary alicyclic amines) is 2. The van der Waals surface area contributed by atoms with Gasteiger partial charge in [0.15, 0.2) is 21.5 Å². The summed E-state index contributed by atoms with van der Waals surface area (Å²) in [6, 6.07) is 9.51. The fourth-order valence-electron chi connectivity index (χ4n) is 8.02. The zero-order valence-corrected chi connectivity index (χ0v) is 28.7. The third kappa shape index (κ3) is 6.05. The lowest BCUT2D eigenvalue weighted by molar-refractivity contribution is -0.115. The molecule has 3 unspecified atom stereocenters. The van der Waals surface area contributed by atoms with Gasteiger partial charge in [-0.05, 0) is 81.9 Å². The van der Waals surface area contributed by atoms with Crippen molar-refractivity contribution < 1.29 is 13.2 Å². The van der Waals surface area contributed by atoms with Crippen molar-refractivity contribution in [3.05, 3.63) is 41.3 Å². The second kappa shape index (κ2) is 13.0. The normalized spacial score (nSPS) is 22.0. The van der Waals surface area contributed by atoms with Crippen LogP contribution in [0.1, 0.15) is 63.3 Å². The van der Waals surface area contributed by atoms with Gasteiger partial charge in [0, 0.05) is 68.4 Å². The zero-order chi connectivity index (χ0) is 32.7. The van der Waals surface area contributed by atoms with E-state index in [2.05, 4.69) is 61.6 Å². The molecule has 1 N–H and O–H groups in total. The van der Waals surface area contributed by atoms with Crippen molar-refractivity contribution in [1.29, 1.82) is 5.26 Å². The van der Waals surface area contributed by atoms with Crippen LogP contribution in [0.3, 0.4) is 0 Å². The van der Waals surface area contributed by atoms with Gasteiger partial charge in [-0.15, -0.1) is 0 Å². The second-order valence-electron chi connectivity index (χ2n) is 13.5. The van der Waals surface area contributed by atoms with E-state index < -0.39 is 9.84 Å². The van der Waals surface area contributed by atoms with Gasteiger partial charge in [0.2, 0.25) is 5.91 Å². The number of amides is 1. The van der Waals surface area contributed by atoms with E-state index in [0.717, 1.165) is 62.4 Å². The Morgan fingerprint density at radius 1 is 1.15 bits per heavy atom. The number of carbonyl (C=O) groups is 1. The van der Waals surface area contributed by atoms with Crippen molar-refractivity contribution >= 4 is 38.3 Å². The minimum atomic E-state index is -3.00. The van der Waals surface area contributed by atoms with Gasteiger partial charge in [-0.3, -0.25) is 14.6 Å². The highest BCUT2D eigenvalue weighted by Crippen LogP contribution is 2.38. The summed E-state index contributed by atoms with van der Waals surface area (Å²) in [5.41, 5.74) is 4.26. The second-order valence-corrected chi connectivity index (χ2v) is 16.1. The highest BCUT2D eigenvalue weighted by atomic mass is 32.2. The number of nitrogens with one attached hydrogen (secondary N) is 1. The molecule has 3 atom stereocenters. The first-order valence-corrected chi connectivity index (χ1v) is 18.5. The Balaban J connectivity index is 1.15. The largest absolute Gasteiger partial charge is 0.353 e. The van der Waals surface area contributed by atoms with E-state index in [9.17, 15) is 18.5 Å². The molecule has 11 nitrogen and oxygen atoms in total. The fraction of sp³-hybridized carbons (Fsp3) is 0.618. The van der Waals surface area contributed by atoms with E-state index in [1.807, 2.05) is 24.6 Å². The molecule has 3 fully saturated rings. The van der Waals surface area contributed by atoms with Crippen molar-refractivity contribution in [2.45, 2.75) is 83.8 Å². The first kappa shape index (κ1) is 32.5. The van der Waals surface area contributed by atoms with Crippen LogP contribution in [-0.2, 0) is 34.8 Å². The number of rotatable bonds is 10. The van der Waals surface area contributed by atoms with Gasteiger partial charge in [-0.2, -0.15) is 5.26 Å². The molecule has 0 bridgehead atoms. The third-order valence-corrected chi connectivity index (χ3v) is 13.2. The highest BCUT2D eigenvalue weighted by Gasteiger charge is 2.42. The van der Waals surface area contributed by atoms with Crippen molar-refractivity contribution in [3.63, 3.8) is 0 Å². The summed E-state index contributed by atoms with van der Waals surface area (Å²) in [5, 5.41) is 14.0. The van der Waals surface area contributed by atoms with E-state index in [0.29, 0.717) is 49.3 Å². The van der Waals surface area contributed by atoms with Crippen LogP contribution >= 0.6 is 0 Å². The molecule has 2 aromatic heterocycles. The molecule has 12 heteroatoms. The number of imidazole rings is 1. The van der Waals surface area contributed by atoms with E-state index in [1.54, 1.807) is 13.3 Å². The number of nitrogens with zero attached hydrogens (tertiary/aromatic N) is 7. The summed E-state index contributed by atoms with van der Waals surface area (Å²) in [6.45, 7) is 13.9. The summed E-state index contributed by atoms with van der Waals surface area (Å²) in [7, 11) is -1.02. The summed E-state index contributed by atoms with van der Waals surface area (Å²) >= 11 is 0. The van der Waals surface area contributed by atoms with Gasteiger partial charge in [0.1, 0.15) is 11.8 Å². The predicted octanol–water partition coefficient (Wildman–Crippen LogP) is 3.90. The minimum Gasteiger partial charge on any atom is -0.353 e. The number of aromatic nitrogens is 3. The summed E-state index contributed by atoms with van der Waals surface area (Å²) in [4.78, 5) is 23.9. The quantitative estimate of drug-likeness (QED) is 0.352. The molecule has 248 valence electrons. The van der Waals surface area contributed by atoms with Crippen LogP contribution in [0.25, 0.3) is 10.9 Å². The number of hydrogen-bond donors (Lipinski definition) is 1. The van der Waals surface area contributed by atoms with Crippen LogP contribution in [0.15, 0.2) is 24.5 Å². The molecule has 3 aliphatic heterocycles. The van der Waals surface area contributed by atoms with Crippen LogP contribution in [-0.4, -0.2) is 94.1 Å². The number of hydrogen-bond acceptors (Lipinski definition) is 8. The summed E-state index contributed by atoms with van der Waals surface area (Å²) in [6.07, 6.45) is 4.69. The van der Waals surface area contributed by atoms with Gasteiger partial charge in [-0.25, -0.2) is 13.4 Å². The Labute approximate surface area is 273 Å². The maximum atomic E-state index is 12.4. The molecule has 0 aliphatic carbocycles. The van der Waals surface area contributed by atoms with Crippen molar-refractivity contribution in [3.8, 4) is 6.07 Å². The molecule has 3 aromatic rings. The van der Waals surface area contributed by atoms with Crippen LogP contribution in [0, 0.1) is 24.2 Å². The zero-order valence-electron chi connectivity index (χ0n) is 27.9. The number of piperidine rings is 1. The summed E-state index contributed by atoms with van der Waals surface area (Å²) < 4.78 is 28.9. The molecule has 1 amide bonds. The van der Waals surface area contributed by atoms with Crippen molar-refractivity contribution in [2.24, 2.45) is 13.0 Å². The van der Waals surface area contributed by atoms with Crippen LogP contribution in [0.2, 0.25) is 0 Å². The number of sulfone groups is 1. The maximum Gasteiger partial charge on any atom is 0.225 e. The molecule has 0 spiro atoms. The number of anilines is 2. The Morgan fingerprint density at radius 2 is 1.91 bits per heavy atom. The van der Waals surface area contributed by atoms with Gasteiger partial charge in [-0.1, -0.05) is 19.9 Å². The van der Waals surface area contributed by atoms with E-state index in [1.165, 1.54) is 11.1 Å². The van der Waals surface area contributed by atoms with Crippen molar-refractivity contribution in [2.75, 3.05) is 48.7 Å². The number of aryl methyl sites for hydroxylation is 2. The van der Waals surface area contributed by atoms with E-state index in [4.69, 9.17) is 0 Å². The SMILES string of the molecule is CCC(=O)Nc1ncn(C)c1N1CC2CCN(Cc3ccc4c(cc(C#N)n4CC(C)N4CCC(S(=O)(=O)CC)CC4)c3C)C2C1. The number of nitriles is 1. The Hall–Kier alpha value is -3.40. The molecule has 3 saturated heterocycles. The van der Waals surface area contributed by atoms with Crippen LogP contribution < -0.4 is 10.2 Å².